The van der Waals surface area contributed by atoms with E-state index in [1.807, 2.05) is 27.2 Å². The number of phosphoric ester groups is 1. The van der Waals surface area contributed by atoms with Gasteiger partial charge in [-0.1, -0.05) is 193 Å². The number of phosphoric acid groups is 1. The number of carbonyl (C=O) groups is 1. The van der Waals surface area contributed by atoms with E-state index in [4.69, 9.17) is 18.5 Å². The second-order valence-corrected chi connectivity index (χ2v) is 19.4. The Morgan fingerprint density at radius 2 is 0.914 bits per heavy atom. The Morgan fingerprint density at radius 3 is 1.33 bits per heavy atom. The van der Waals surface area contributed by atoms with Crippen molar-refractivity contribution in [2.24, 2.45) is 0 Å². The minimum absolute atomic E-state index is 0.0483. The lowest BCUT2D eigenvalue weighted by atomic mass is 10.0. The molecule has 0 saturated carbocycles. The molecule has 0 fully saturated rings. The van der Waals surface area contributed by atoms with Crippen molar-refractivity contribution in [2.75, 3.05) is 47.5 Å². The van der Waals surface area contributed by atoms with Crippen LogP contribution in [-0.4, -0.2) is 69.0 Å². The van der Waals surface area contributed by atoms with Crippen molar-refractivity contribution < 1.29 is 37.3 Å². The summed E-state index contributed by atoms with van der Waals surface area (Å²) in [6, 6.07) is 0. The summed E-state index contributed by atoms with van der Waals surface area (Å²) in [4.78, 5) is 22.9. The highest BCUT2D eigenvalue weighted by Crippen LogP contribution is 2.43. The van der Waals surface area contributed by atoms with Crippen molar-refractivity contribution >= 4 is 13.8 Å². The molecule has 344 valence electrons. The van der Waals surface area contributed by atoms with E-state index in [2.05, 4.69) is 26.0 Å². The van der Waals surface area contributed by atoms with Gasteiger partial charge in [0.05, 0.1) is 34.0 Å². The van der Waals surface area contributed by atoms with Crippen LogP contribution in [0.1, 0.15) is 232 Å². The van der Waals surface area contributed by atoms with Gasteiger partial charge in [-0.2, -0.15) is 0 Å². The molecule has 9 heteroatoms. The number of rotatable bonds is 46. The molecule has 0 saturated heterocycles. The highest BCUT2D eigenvalue weighted by atomic mass is 31.2. The zero-order valence-corrected chi connectivity index (χ0v) is 39.9. The number of hydrogen-bond donors (Lipinski definition) is 1. The number of unbranched alkanes of at least 4 members (excludes halogenated alkanes) is 30. The van der Waals surface area contributed by atoms with Crippen LogP contribution in [0.2, 0.25) is 0 Å². The first-order valence-corrected chi connectivity index (χ1v) is 26.1. The van der Waals surface area contributed by atoms with Crippen molar-refractivity contribution in [3.05, 3.63) is 24.5 Å². The summed E-state index contributed by atoms with van der Waals surface area (Å²) >= 11 is 0. The average molecular weight is 843 g/mol. The molecule has 0 spiro atoms. The van der Waals surface area contributed by atoms with E-state index in [9.17, 15) is 14.3 Å². The Kier molecular flexibility index (Phi) is 41.6. The maximum absolute atomic E-state index is 12.7. The lowest BCUT2D eigenvalue weighted by Gasteiger charge is -2.24. The van der Waals surface area contributed by atoms with Gasteiger partial charge in [0, 0.05) is 6.42 Å². The number of quaternary nitrogens is 1. The number of nitrogens with zero attached hydrogens (tertiary/aromatic N) is 1. The smallest absolute Gasteiger partial charge is 0.472 e. The molecule has 0 aliphatic carbocycles. The number of hydrogen-bond acceptors (Lipinski definition) is 6. The SMILES string of the molecule is CCCCCCCC/C=C\CCCCCCCC(=O)OC(CO/C=C\CCCCCCCCCCCCCCCCCCCCC)COP(=O)(O)OCC[N+](C)(C)C. The summed E-state index contributed by atoms with van der Waals surface area (Å²) in [5.41, 5.74) is 0. The fourth-order valence-corrected chi connectivity index (χ4v) is 7.73. The summed E-state index contributed by atoms with van der Waals surface area (Å²) < 4.78 is 34.8. The van der Waals surface area contributed by atoms with E-state index in [-0.39, 0.29) is 25.8 Å². The first-order valence-electron chi connectivity index (χ1n) is 24.6. The third-order valence-electron chi connectivity index (χ3n) is 10.8. The van der Waals surface area contributed by atoms with Gasteiger partial charge in [0.25, 0.3) is 0 Å². The molecule has 0 aromatic carbocycles. The van der Waals surface area contributed by atoms with Gasteiger partial charge in [0.15, 0.2) is 6.10 Å². The van der Waals surface area contributed by atoms with Crippen molar-refractivity contribution in [3.63, 3.8) is 0 Å². The molecule has 0 rings (SSSR count). The highest BCUT2D eigenvalue weighted by molar-refractivity contribution is 7.47. The van der Waals surface area contributed by atoms with Gasteiger partial charge in [-0.05, 0) is 51.0 Å². The molecule has 0 aliphatic heterocycles. The largest absolute Gasteiger partial charge is 0.498 e. The topological polar surface area (TPSA) is 91.3 Å². The number of allylic oxidation sites excluding steroid dienone is 3. The van der Waals surface area contributed by atoms with Gasteiger partial charge < -0.3 is 18.9 Å². The van der Waals surface area contributed by atoms with E-state index in [1.165, 1.54) is 167 Å². The summed E-state index contributed by atoms with van der Waals surface area (Å²) in [6.07, 6.45) is 50.3. The van der Waals surface area contributed by atoms with E-state index in [0.717, 1.165) is 44.9 Å². The Balaban J connectivity index is 4.18. The molecule has 2 unspecified atom stereocenters. The van der Waals surface area contributed by atoms with Crippen LogP contribution in [0.15, 0.2) is 24.5 Å². The maximum atomic E-state index is 12.7. The third-order valence-corrected chi connectivity index (χ3v) is 11.8. The zero-order chi connectivity index (χ0) is 42.7. The highest BCUT2D eigenvalue weighted by Gasteiger charge is 2.26. The Morgan fingerprint density at radius 1 is 0.534 bits per heavy atom. The molecule has 0 bridgehead atoms. The van der Waals surface area contributed by atoms with Gasteiger partial charge in [-0.3, -0.25) is 13.8 Å². The van der Waals surface area contributed by atoms with E-state index in [0.29, 0.717) is 17.4 Å². The van der Waals surface area contributed by atoms with Crippen LogP contribution in [-0.2, 0) is 27.9 Å². The van der Waals surface area contributed by atoms with Crippen molar-refractivity contribution in [3.8, 4) is 0 Å². The Labute approximate surface area is 360 Å². The van der Waals surface area contributed by atoms with Crippen LogP contribution in [0.25, 0.3) is 0 Å². The summed E-state index contributed by atoms with van der Waals surface area (Å²) in [6.45, 7) is 4.95. The van der Waals surface area contributed by atoms with Crippen molar-refractivity contribution in [2.45, 2.75) is 238 Å². The van der Waals surface area contributed by atoms with E-state index < -0.39 is 13.9 Å². The lowest BCUT2D eigenvalue weighted by Crippen LogP contribution is -2.37. The molecular weight excluding hydrogens is 746 g/mol. The maximum Gasteiger partial charge on any atom is 0.472 e. The van der Waals surface area contributed by atoms with Gasteiger partial charge in [0.2, 0.25) is 0 Å². The van der Waals surface area contributed by atoms with Crippen LogP contribution >= 0.6 is 7.82 Å². The zero-order valence-electron chi connectivity index (χ0n) is 39.0. The van der Waals surface area contributed by atoms with E-state index >= 15 is 0 Å². The molecular formula is C49H97NO7P+. The second-order valence-electron chi connectivity index (χ2n) is 17.9. The molecule has 0 aromatic heterocycles. The van der Waals surface area contributed by atoms with Crippen molar-refractivity contribution in [1.82, 2.24) is 0 Å². The molecule has 1 N–H and O–H groups in total. The second kappa shape index (κ2) is 42.5. The molecule has 2 atom stereocenters. The normalized spacial score (nSPS) is 13.8. The fourth-order valence-electron chi connectivity index (χ4n) is 6.99. The van der Waals surface area contributed by atoms with Gasteiger partial charge >= 0.3 is 13.8 Å². The number of esters is 1. The van der Waals surface area contributed by atoms with Crippen LogP contribution in [0.4, 0.5) is 0 Å². The average Bonchev–Trinajstić information content (AvgIpc) is 3.18. The van der Waals surface area contributed by atoms with Crippen molar-refractivity contribution in [1.29, 1.82) is 0 Å². The summed E-state index contributed by atoms with van der Waals surface area (Å²) in [5, 5.41) is 0. The van der Waals surface area contributed by atoms with Gasteiger partial charge in [0.1, 0.15) is 19.8 Å². The van der Waals surface area contributed by atoms with Crippen LogP contribution in [0.3, 0.4) is 0 Å². The number of likely N-dealkylation sites (N-methyl/N-ethyl adjacent to an activating group) is 1. The fraction of sp³-hybridized carbons (Fsp3) is 0.898. The van der Waals surface area contributed by atoms with E-state index in [1.54, 1.807) is 6.26 Å². The molecule has 0 amide bonds. The number of carbonyl (C=O) groups excluding carboxylic acids is 1. The summed E-state index contributed by atoms with van der Waals surface area (Å²) in [7, 11) is 1.64. The summed E-state index contributed by atoms with van der Waals surface area (Å²) in [5.74, 6) is -0.341. The lowest BCUT2D eigenvalue weighted by molar-refractivity contribution is -0.870. The minimum atomic E-state index is -4.29. The molecule has 8 nitrogen and oxygen atoms in total. The minimum Gasteiger partial charge on any atom is -0.498 e. The molecule has 0 aromatic rings. The quantitative estimate of drug-likeness (QED) is 0.0163. The predicted octanol–water partition coefficient (Wildman–Crippen LogP) is 15.1. The van der Waals surface area contributed by atoms with Crippen LogP contribution in [0, 0.1) is 0 Å². The number of ether oxygens (including phenoxy) is 2. The molecule has 0 radical (unpaired) electrons. The predicted molar refractivity (Wildman–Crippen MR) is 247 cm³/mol. The molecule has 0 heterocycles. The molecule has 58 heavy (non-hydrogen) atoms. The van der Waals surface area contributed by atoms with Gasteiger partial charge in [-0.15, -0.1) is 0 Å². The Bertz CT molecular complexity index is 983. The van der Waals surface area contributed by atoms with Crippen LogP contribution in [0.5, 0.6) is 0 Å². The molecule has 0 aliphatic rings. The van der Waals surface area contributed by atoms with Gasteiger partial charge in [-0.25, -0.2) is 4.57 Å². The Hall–Kier alpha value is -1.18. The first kappa shape index (κ1) is 56.8. The monoisotopic (exact) mass is 843 g/mol. The third kappa shape index (κ3) is 45.9. The first-order chi connectivity index (χ1) is 28.1. The van der Waals surface area contributed by atoms with Crippen LogP contribution < -0.4 is 0 Å². The standard InChI is InChI=1S/C49H96NO7P/c1-6-8-10-12-14-16-18-20-22-23-24-25-26-27-29-31-33-35-37-39-41-44-54-46-48(47-56-58(52,53)55-45-43-50(3,4)5)57-49(51)42-40-38-36-34-32-30-28-21-19-17-15-13-11-9-7-2/h21,28,41,44,48H,6-20,22-27,29-40,42-43,45-47H2,1-5H3/p+1/b28-21-,44-41-.